The fraction of sp³-hybridized carbons (Fsp3) is 0.938. The number of carboxylic acid groups (broad SMARTS) is 1. The lowest BCUT2D eigenvalue weighted by molar-refractivity contribution is -0.140. The van der Waals surface area contributed by atoms with Gasteiger partial charge in [0.05, 0.1) is 0 Å². The van der Waals surface area contributed by atoms with E-state index in [0.717, 1.165) is 25.7 Å². The van der Waals surface area contributed by atoms with E-state index < -0.39 is 10.7 Å². The predicted molar refractivity (Wildman–Crippen MR) is 86.1 cm³/mol. The average Bonchev–Trinajstić information content (AvgIpc) is 2.38. The Labute approximate surface area is 124 Å². The topological polar surface area (TPSA) is 37.3 Å². The zero-order valence-electron chi connectivity index (χ0n) is 12.8. The minimum absolute atomic E-state index is 0.709. The number of carbonyl (C=O) groups is 1. The fourth-order valence-electron chi connectivity index (χ4n) is 2.38. The Balaban J connectivity index is 3.85. The zero-order valence-corrected chi connectivity index (χ0v) is 13.7. The molecule has 0 rings (SSSR count). The van der Waals surface area contributed by atoms with Gasteiger partial charge in [-0.1, -0.05) is 78.1 Å². The van der Waals surface area contributed by atoms with Crippen LogP contribution >= 0.6 is 12.6 Å². The molecule has 1 N–H and O–H groups in total. The van der Waals surface area contributed by atoms with Crippen molar-refractivity contribution in [1.82, 2.24) is 0 Å². The second-order valence-corrected chi connectivity index (χ2v) is 6.52. The molecule has 1 unspecified atom stereocenters. The Morgan fingerprint density at radius 3 is 1.63 bits per heavy atom. The van der Waals surface area contributed by atoms with Gasteiger partial charge in [-0.05, 0) is 12.8 Å². The van der Waals surface area contributed by atoms with Crippen LogP contribution < -0.4 is 0 Å². The largest absolute Gasteiger partial charge is 0.480 e. The first-order chi connectivity index (χ1) is 9.06. The van der Waals surface area contributed by atoms with Crippen molar-refractivity contribution >= 4 is 18.6 Å². The summed E-state index contributed by atoms with van der Waals surface area (Å²) in [7, 11) is 0. The molecule has 0 heterocycles. The number of hydrogen-bond donors (Lipinski definition) is 2. The molecule has 0 radical (unpaired) electrons. The van der Waals surface area contributed by atoms with Crippen molar-refractivity contribution in [3.05, 3.63) is 0 Å². The quantitative estimate of drug-likeness (QED) is 0.349. The molecule has 0 saturated carbocycles. The van der Waals surface area contributed by atoms with Gasteiger partial charge in [-0.25, -0.2) is 0 Å². The first-order valence-corrected chi connectivity index (χ1v) is 8.47. The molecule has 0 aliphatic rings. The highest BCUT2D eigenvalue weighted by Gasteiger charge is 2.32. The molecule has 0 fully saturated rings. The van der Waals surface area contributed by atoms with E-state index in [0.29, 0.717) is 12.8 Å². The third-order valence-electron chi connectivity index (χ3n) is 3.79. The van der Waals surface area contributed by atoms with E-state index in [1.165, 1.54) is 38.5 Å². The number of unbranched alkanes of at least 4 members (excludes halogenated alkanes) is 8. The summed E-state index contributed by atoms with van der Waals surface area (Å²) in [4.78, 5) is 11.4. The Morgan fingerprint density at radius 1 is 0.842 bits per heavy atom. The van der Waals surface area contributed by atoms with Crippen molar-refractivity contribution in [1.29, 1.82) is 0 Å². The van der Waals surface area contributed by atoms with Gasteiger partial charge in [-0.2, -0.15) is 12.6 Å². The van der Waals surface area contributed by atoms with Crippen LogP contribution in [0.25, 0.3) is 0 Å². The minimum Gasteiger partial charge on any atom is -0.480 e. The van der Waals surface area contributed by atoms with Crippen molar-refractivity contribution in [2.24, 2.45) is 0 Å². The van der Waals surface area contributed by atoms with Crippen LogP contribution in [0.1, 0.15) is 90.9 Å². The first-order valence-electron chi connectivity index (χ1n) is 8.02. The van der Waals surface area contributed by atoms with Gasteiger partial charge in [0.1, 0.15) is 4.75 Å². The molecule has 0 aliphatic carbocycles. The number of hydrogen-bond acceptors (Lipinski definition) is 2. The maximum Gasteiger partial charge on any atom is 0.319 e. The summed E-state index contributed by atoms with van der Waals surface area (Å²) in [6.07, 6.45) is 13.1. The monoisotopic (exact) mass is 288 g/mol. The van der Waals surface area contributed by atoms with Crippen LogP contribution in [0.3, 0.4) is 0 Å². The second kappa shape index (κ2) is 11.6. The Hall–Kier alpha value is -0.180. The van der Waals surface area contributed by atoms with Crippen molar-refractivity contribution in [3.63, 3.8) is 0 Å². The Morgan fingerprint density at radius 2 is 1.21 bits per heavy atom. The highest BCUT2D eigenvalue weighted by atomic mass is 32.1. The van der Waals surface area contributed by atoms with Crippen LogP contribution in [0.2, 0.25) is 0 Å². The van der Waals surface area contributed by atoms with E-state index >= 15 is 0 Å². The van der Waals surface area contributed by atoms with Crippen LogP contribution in [0.15, 0.2) is 0 Å². The van der Waals surface area contributed by atoms with Gasteiger partial charge in [0, 0.05) is 0 Å². The number of thiol groups is 1. The maximum absolute atomic E-state index is 11.4. The third kappa shape index (κ3) is 9.37. The van der Waals surface area contributed by atoms with Gasteiger partial charge in [0.25, 0.3) is 0 Å². The highest BCUT2D eigenvalue weighted by molar-refractivity contribution is 7.82. The molecule has 0 spiro atoms. The van der Waals surface area contributed by atoms with Gasteiger partial charge in [-0.15, -0.1) is 0 Å². The van der Waals surface area contributed by atoms with Gasteiger partial charge in [0.2, 0.25) is 0 Å². The minimum atomic E-state index is -0.793. The molecule has 0 bridgehead atoms. The molecule has 114 valence electrons. The van der Waals surface area contributed by atoms with Gasteiger partial charge >= 0.3 is 5.97 Å². The average molecular weight is 288 g/mol. The SMILES string of the molecule is CCCCCCCCC(S)(CCCCCC)C(=O)O. The van der Waals surface area contributed by atoms with Crippen LogP contribution in [0.5, 0.6) is 0 Å². The number of carboxylic acids is 1. The van der Waals surface area contributed by atoms with E-state index in [-0.39, 0.29) is 0 Å². The molecule has 0 aromatic carbocycles. The van der Waals surface area contributed by atoms with Crippen LogP contribution in [0, 0.1) is 0 Å². The zero-order chi connectivity index (χ0) is 14.6. The van der Waals surface area contributed by atoms with Crippen molar-refractivity contribution in [2.45, 2.75) is 95.6 Å². The van der Waals surface area contributed by atoms with Gasteiger partial charge in [0.15, 0.2) is 0 Å². The van der Waals surface area contributed by atoms with E-state index in [4.69, 9.17) is 0 Å². The molecule has 0 amide bonds. The molecule has 1 atom stereocenters. The predicted octanol–water partition coefficient (Wildman–Crippen LogP) is 5.46. The Bertz CT molecular complexity index is 231. The first kappa shape index (κ1) is 18.8. The molecular formula is C16H32O2S. The summed E-state index contributed by atoms with van der Waals surface area (Å²) >= 11 is 4.46. The fourth-order valence-corrected chi connectivity index (χ4v) is 2.70. The summed E-state index contributed by atoms with van der Waals surface area (Å²) in [6.45, 7) is 4.38. The lowest BCUT2D eigenvalue weighted by Crippen LogP contribution is -2.32. The maximum atomic E-state index is 11.4. The molecule has 2 nitrogen and oxygen atoms in total. The third-order valence-corrected chi connectivity index (χ3v) is 4.42. The second-order valence-electron chi connectivity index (χ2n) is 5.67. The standard InChI is InChI=1S/C16H32O2S/c1-3-5-7-9-10-12-14-16(19,15(17)18)13-11-8-6-4-2/h19H,3-14H2,1-2H3,(H,17,18). The molecule has 19 heavy (non-hydrogen) atoms. The van der Waals surface area contributed by atoms with E-state index in [1.54, 1.807) is 0 Å². The summed E-state index contributed by atoms with van der Waals surface area (Å²) in [6, 6.07) is 0. The molecule has 0 aromatic heterocycles. The van der Waals surface area contributed by atoms with Gasteiger partial charge in [-0.3, -0.25) is 4.79 Å². The number of aliphatic carboxylic acids is 1. The normalized spacial score (nSPS) is 14.3. The van der Waals surface area contributed by atoms with E-state index in [1.807, 2.05) is 0 Å². The summed E-state index contributed by atoms with van der Waals surface area (Å²) in [5.74, 6) is -0.735. The molecule has 0 aliphatic heterocycles. The van der Waals surface area contributed by atoms with Crippen LogP contribution in [0.4, 0.5) is 0 Å². The summed E-state index contributed by atoms with van der Waals surface area (Å²) < 4.78 is -0.793. The van der Waals surface area contributed by atoms with E-state index in [9.17, 15) is 9.90 Å². The van der Waals surface area contributed by atoms with E-state index in [2.05, 4.69) is 26.5 Å². The lowest BCUT2D eigenvalue weighted by Gasteiger charge is -2.23. The van der Waals surface area contributed by atoms with Crippen LogP contribution in [-0.2, 0) is 4.79 Å². The summed E-state index contributed by atoms with van der Waals surface area (Å²) in [5.41, 5.74) is 0. The Kier molecular flexibility index (Phi) is 11.5. The number of rotatable bonds is 13. The van der Waals surface area contributed by atoms with Crippen LogP contribution in [-0.4, -0.2) is 15.8 Å². The van der Waals surface area contributed by atoms with Crippen molar-refractivity contribution < 1.29 is 9.90 Å². The molecular weight excluding hydrogens is 256 g/mol. The lowest BCUT2D eigenvalue weighted by atomic mass is 9.93. The molecule has 0 saturated heterocycles. The van der Waals surface area contributed by atoms with Gasteiger partial charge < -0.3 is 5.11 Å². The molecule has 3 heteroatoms. The molecule has 0 aromatic rings. The highest BCUT2D eigenvalue weighted by Crippen LogP contribution is 2.29. The smallest absolute Gasteiger partial charge is 0.319 e. The summed E-state index contributed by atoms with van der Waals surface area (Å²) in [5, 5.41) is 9.35. The van der Waals surface area contributed by atoms with Crippen molar-refractivity contribution in [3.8, 4) is 0 Å². The van der Waals surface area contributed by atoms with Crippen molar-refractivity contribution in [2.75, 3.05) is 0 Å².